The van der Waals surface area contributed by atoms with E-state index in [1.807, 2.05) is 73.3 Å². The summed E-state index contributed by atoms with van der Waals surface area (Å²) in [5.74, 6) is -1.01. The zero-order valence-corrected chi connectivity index (χ0v) is 56.1. The Balaban J connectivity index is 0.000000262. The Kier molecular flexibility index (Phi) is 27.9. The van der Waals surface area contributed by atoms with Crippen molar-refractivity contribution in [2.45, 2.75) is 41.5 Å². The zero-order valence-electron chi connectivity index (χ0n) is 44.9. The number of carboxylic acid groups (broad SMARTS) is 1. The number of thiophene rings is 6. The summed E-state index contributed by atoms with van der Waals surface area (Å²) in [6, 6.07) is 20.2. The van der Waals surface area contributed by atoms with Crippen molar-refractivity contribution in [3.8, 4) is 11.5 Å². The van der Waals surface area contributed by atoms with Crippen molar-refractivity contribution in [3.05, 3.63) is 173 Å². The first-order valence-electron chi connectivity index (χ1n) is 22.9. The highest BCUT2D eigenvalue weighted by Crippen LogP contribution is 2.35. The van der Waals surface area contributed by atoms with Gasteiger partial charge < -0.3 is 35.8 Å². The number of ketones is 2. The third-order valence-electron chi connectivity index (χ3n) is 10.4. The number of amides is 3. The SMILES string of the molecule is CC(=O)c1scc(Br)c1C.CC(=O)c1scc(Br)c1O.CN(C)C(=O)c1scc(N)c1O.Cc1c(Br)csc1C(=O)N(C)C.Cc1c(Br)csc1C(=O)O.Cc1c(N=C(c2ccccc2)c2ccccc2)csc1C(=O)N(C)C. The number of carboxylic acids is 1. The van der Waals surface area contributed by atoms with Gasteiger partial charge in [-0.25, -0.2) is 9.79 Å². The fraction of sp³-hybridized carbons (Fsp3) is 0.218. The van der Waals surface area contributed by atoms with Gasteiger partial charge in [-0.3, -0.25) is 24.0 Å². The molecule has 0 fully saturated rings. The number of rotatable bonds is 9. The summed E-state index contributed by atoms with van der Waals surface area (Å²) in [4.78, 5) is 80.1. The lowest BCUT2D eigenvalue weighted by molar-refractivity contribution is 0.0699. The molecule has 0 bridgehead atoms. The topological polar surface area (TPSA) is 211 Å². The van der Waals surface area contributed by atoms with E-state index < -0.39 is 5.97 Å². The smallest absolute Gasteiger partial charge is 0.346 e. The van der Waals surface area contributed by atoms with Crippen LogP contribution in [0.25, 0.3) is 0 Å². The third kappa shape index (κ3) is 19.5. The first kappa shape index (κ1) is 68.1. The van der Waals surface area contributed by atoms with Gasteiger partial charge in [0, 0.05) is 106 Å². The maximum absolute atomic E-state index is 12.3. The van der Waals surface area contributed by atoms with Crippen molar-refractivity contribution in [2.75, 3.05) is 48.0 Å². The molecule has 420 valence electrons. The fourth-order valence-electron chi connectivity index (χ4n) is 6.00. The second-order valence-corrected chi connectivity index (χ2v) is 25.7. The van der Waals surface area contributed by atoms with E-state index in [2.05, 4.69) is 88.0 Å². The predicted molar refractivity (Wildman–Crippen MR) is 343 cm³/mol. The normalized spacial score (nSPS) is 10.0. The monoisotopic (exact) mass is 1440 g/mol. The second-order valence-electron chi connectivity index (χ2n) is 17.0. The average Bonchev–Trinajstić information content (AvgIpc) is 4.27. The number of nitrogens with zero attached hydrogens (tertiary/aromatic N) is 4. The minimum absolute atomic E-state index is 0.0184. The number of benzene rings is 2. The summed E-state index contributed by atoms with van der Waals surface area (Å²) in [5.41, 5.74) is 13.3. The molecule has 8 aromatic rings. The first-order chi connectivity index (χ1) is 37.0. The third-order valence-corrected chi connectivity index (χ3v) is 21.1. The van der Waals surface area contributed by atoms with E-state index in [-0.39, 0.29) is 51.4 Å². The summed E-state index contributed by atoms with van der Waals surface area (Å²) >= 11 is 21.1. The number of nitrogens with two attached hydrogens (primary N) is 1. The van der Waals surface area contributed by atoms with Crippen LogP contribution in [0.2, 0.25) is 0 Å². The minimum atomic E-state index is -0.854. The summed E-state index contributed by atoms with van der Waals surface area (Å²) < 4.78 is 3.50. The number of hydrogen-bond acceptors (Lipinski definition) is 16. The van der Waals surface area contributed by atoms with Crippen LogP contribution < -0.4 is 5.73 Å². The Bertz CT molecular complexity index is 3170. The van der Waals surface area contributed by atoms with E-state index in [4.69, 9.17) is 20.9 Å². The number of carbonyl (C=O) groups is 6. The molecule has 0 aliphatic rings. The molecule has 0 aliphatic heterocycles. The molecule has 8 rings (SSSR count). The van der Waals surface area contributed by atoms with Gasteiger partial charge in [0.15, 0.2) is 23.1 Å². The quantitative estimate of drug-likeness (QED) is 0.0793. The van der Waals surface area contributed by atoms with Crippen LogP contribution in [0, 0.1) is 27.7 Å². The van der Waals surface area contributed by atoms with Crippen LogP contribution in [-0.4, -0.2) is 113 Å². The Morgan fingerprint density at radius 2 is 0.797 bits per heavy atom. The molecule has 0 spiro atoms. The lowest BCUT2D eigenvalue weighted by atomic mass is 10.0. The van der Waals surface area contributed by atoms with Crippen LogP contribution in [0.3, 0.4) is 0 Å². The van der Waals surface area contributed by atoms with E-state index in [0.717, 1.165) is 84.2 Å². The van der Waals surface area contributed by atoms with Crippen LogP contribution in [0.15, 0.2) is 116 Å². The molecule has 0 unspecified atom stereocenters. The number of aliphatic imine (C=N–C) groups is 1. The highest BCUT2D eigenvalue weighted by Gasteiger charge is 2.20. The van der Waals surface area contributed by atoms with E-state index in [0.29, 0.717) is 14.2 Å². The van der Waals surface area contributed by atoms with Crippen molar-refractivity contribution < 1.29 is 44.1 Å². The van der Waals surface area contributed by atoms with E-state index in [1.165, 1.54) is 68.5 Å². The van der Waals surface area contributed by atoms with E-state index in [9.17, 15) is 33.9 Å². The molecular formula is C55H57Br4N5O9S6. The van der Waals surface area contributed by atoms with Crippen LogP contribution in [0.1, 0.15) is 105 Å². The van der Waals surface area contributed by atoms with Gasteiger partial charge in [-0.2, -0.15) is 0 Å². The predicted octanol–water partition coefficient (Wildman–Crippen LogP) is 16.1. The molecule has 5 N–H and O–H groups in total. The fourth-order valence-corrected chi connectivity index (χ4v) is 13.7. The summed E-state index contributed by atoms with van der Waals surface area (Å²) in [6.07, 6.45) is 0. The molecular weight excluding hydrogens is 1390 g/mol. The second kappa shape index (κ2) is 32.3. The summed E-state index contributed by atoms with van der Waals surface area (Å²) in [5, 5.41) is 37.9. The molecule has 24 heteroatoms. The Morgan fingerprint density at radius 3 is 1.09 bits per heavy atom. The maximum Gasteiger partial charge on any atom is 0.346 e. The number of anilines is 1. The maximum atomic E-state index is 12.3. The zero-order chi connectivity index (χ0) is 59.6. The van der Waals surface area contributed by atoms with Crippen LogP contribution in [0.5, 0.6) is 11.5 Å². The van der Waals surface area contributed by atoms with Crippen LogP contribution in [0.4, 0.5) is 11.4 Å². The summed E-state index contributed by atoms with van der Waals surface area (Å²) in [6.45, 7) is 10.6. The molecule has 0 saturated carbocycles. The standard InChI is InChI=1S/C21H20N2OS.C8H10BrNOS.C7H7BrOS.C7H10N2O2S.2C6H5BrO2S/c1-15-18(14-25-20(15)21(24)23(2)3)22-19(16-10-6-4-7-11-16)17-12-8-5-9-13-17;1-5-6(9)4-12-7(5)8(11)10(2)3;1-4-6(8)3-10-7(4)5(2)9;1-9(2)7(11)6-5(10)4(8)3-12-6;1-3(8)6-5(9)4(7)2-10-6;1-3-4(7)2-10-5(3)6(8)9/h4-14H,1-3H3;4H,1-3H3;3H,1-2H3;3,10H,8H2,1-2H3;2,9H,1H3;2H,1H3,(H,8,9). The molecule has 0 saturated heterocycles. The Morgan fingerprint density at radius 1 is 0.456 bits per heavy atom. The average molecular weight is 1440 g/mol. The minimum Gasteiger partial charge on any atom is -0.505 e. The molecule has 3 amide bonds. The molecule has 0 atom stereocenters. The van der Waals surface area contributed by atoms with E-state index >= 15 is 0 Å². The van der Waals surface area contributed by atoms with Gasteiger partial charge in [-0.05, 0) is 121 Å². The number of halogens is 4. The molecule has 0 aliphatic carbocycles. The Labute approximate surface area is 517 Å². The van der Waals surface area contributed by atoms with Crippen molar-refractivity contribution >= 4 is 184 Å². The van der Waals surface area contributed by atoms with Crippen molar-refractivity contribution in [3.63, 3.8) is 0 Å². The lowest BCUT2D eigenvalue weighted by Gasteiger charge is -2.10. The van der Waals surface area contributed by atoms with Crippen molar-refractivity contribution in [1.82, 2.24) is 14.7 Å². The molecule has 2 aromatic carbocycles. The highest BCUT2D eigenvalue weighted by molar-refractivity contribution is 9.11. The molecule has 6 aromatic heterocycles. The number of nitrogen functional groups attached to an aromatic ring is 1. The molecule has 79 heavy (non-hydrogen) atoms. The van der Waals surface area contributed by atoms with Crippen LogP contribution >= 0.6 is 132 Å². The van der Waals surface area contributed by atoms with Crippen LogP contribution in [-0.2, 0) is 0 Å². The van der Waals surface area contributed by atoms with Gasteiger partial charge in [0.05, 0.1) is 36.2 Å². The Hall–Kier alpha value is -5.15. The van der Waals surface area contributed by atoms with Gasteiger partial charge in [0.1, 0.15) is 14.6 Å². The first-order valence-corrected chi connectivity index (χ1v) is 31.4. The largest absolute Gasteiger partial charge is 0.505 e. The van der Waals surface area contributed by atoms with Gasteiger partial charge in [-0.15, -0.1) is 68.0 Å². The van der Waals surface area contributed by atoms with Gasteiger partial charge in [-0.1, -0.05) is 60.7 Å². The van der Waals surface area contributed by atoms with E-state index in [1.54, 1.807) is 82.1 Å². The summed E-state index contributed by atoms with van der Waals surface area (Å²) in [7, 11) is 10.3. The lowest BCUT2D eigenvalue weighted by Crippen LogP contribution is -2.21. The van der Waals surface area contributed by atoms with Crippen molar-refractivity contribution in [2.24, 2.45) is 4.99 Å². The number of carbonyl (C=O) groups excluding carboxylic acids is 5. The number of aromatic carboxylic acids is 1. The van der Waals surface area contributed by atoms with Gasteiger partial charge in [0.2, 0.25) is 0 Å². The number of Topliss-reactive ketones (excluding diaryl/α,β-unsaturated/α-hetero) is 2. The highest BCUT2D eigenvalue weighted by atomic mass is 79.9. The molecule has 6 heterocycles. The van der Waals surface area contributed by atoms with Crippen molar-refractivity contribution in [1.29, 1.82) is 0 Å². The molecule has 14 nitrogen and oxygen atoms in total. The number of aromatic hydroxyl groups is 2. The number of hydrogen-bond donors (Lipinski definition) is 4. The molecule has 0 radical (unpaired) electrons. The van der Waals surface area contributed by atoms with Gasteiger partial charge >= 0.3 is 5.97 Å². The van der Waals surface area contributed by atoms with Gasteiger partial charge in [0.25, 0.3) is 17.7 Å².